The molecule has 4 atom stereocenters. The van der Waals surface area contributed by atoms with Gasteiger partial charge in [0.25, 0.3) is 0 Å². The standard InChI is InChI=1S/C23H22O6/c1-5-27-13-7-9-15-17(11-13)29-21(25)19-18-20(24)28-16-10-12(26-4)6-8-14(16)22(18,2)23(15,19)3/h6-11,18-19H,5H2,1-4H3. The van der Waals surface area contributed by atoms with Crippen molar-refractivity contribution >= 4 is 11.9 Å². The Bertz CT molecular complexity index is 1060. The van der Waals surface area contributed by atoms with E-state index in [-0.39, 0.29) is 0 Å². The number of carbonyl (C=O) groups excluding carboxylic acids is 2. The Morgan fingerprint density at radius 2 is 1.34 bits per heavy atom. The third kappa shape index (κ3) is 2.01. The molecule has 0 spiro atoms. The first kappa shape index (κ1) is 18.0. The minimum Gasteiger partial charge on any atom is -0.497 e. The molecular formula is C23H22O6. The number of fused-ring (bicyclic) bond motifs is 8. The molecule has 5 rings (SSSR count). The maximum Gasteiger partial charge on any atom is 0.316 e. The second-order valence-electron chi connectivity index (χ2n) is 8.16. The largest absolute Gasteiger partial charge is 0.497 e. The van der Waals surface area contributed by atoms with Gasteiger partial charge in [-0.15, -0.1) is 0 Å². The molecule has 0 N–H and O–H groups in total. The first-order valence-corrected chi connectivity index (χ1v) is 9.75. The molecule has 0 bridgehead atoms. The molecule has 1 saturated carbocycles. The van der Waals surface area contributed by atoms with E-state index in [1.165, 1.54) is 0 Å². The van der Waals surface area contributed by atoms with Gasteiger partial charge in [0.05, 0.1) is 25.6 Å². The molecule has 0 aromatic heterocycles. The Hall–Kier alpha value is -3.02. The second kappa shape index (κ2) is 5.75. The fourth-order valence-electron chi connectivity index (χ4n) is 5.61. The summed E-state index contributed by atoms with van der Waals surface area (Å²) in [4.78, 5) is 25.9. The predicted octanol–water partition coefficient (Wildman–Crippen LogP) is 3.39. The van der Waals surface area contributed by atoms with Gasteiger partial charge in [-0.3, -0.25) is 9.59 Å². The van der Waals surface area contributed by atoms with E-state index < -0.39 is 34.6 Å². The summed E-state index contributed by atoms with van der Waals surface area (Å²) in [5, 5.41) is 0. The number of hydrogen-bond acceptors (Lipinski definition) is 6. The van der Waals surface area contributed by atoms with E-state index >= 15 is 0 Å². The van der Waals surface area contributed by atoms with Crippen LogP contribution in [0.4, 0.5) is 0 Å². The van der Waals surface area contributed by atoms with Crippen molar-refractivity contribution in [3.8, 4) is 23.0 Å². The van der Waals surface area contributed by atoms with Crippen LogP contribution in [0.1, 0.15) is 31.9 Å². The van der Waals surface area contributed by atoms with Crippen LogP contribution in [0.25, 0.3) is 0 Å². The number of carbonyl (C=O) groups is 2. The lowest BCUT2D eigenvalue weighted by atomic mass is 9.34. The molecule has 6 heteroatoms. The predicted molar refractivity (Wildman–Crippen MR) is 104 cm³/mol. The summed E-state index contributed by atoms with van der Waals surface area (Å²) in [7, 11) is 1.57. The van der Waals surface area contributed by atoms with E-state index in [2.05, 4.69) is 0 Å². The van der Waals surface area contributed by atoms with E-state index in [0.29, 0.717) is 29.6 Å². The summed E-state index contributed by atoms with van der Waals surface area (Å²) in [6, 6.07) is 11.1. The molecule has 1 fully saturated rings. The first-order valence-electron chi connectivity index (χ1n) is 9.75. The number of hydrogen-bond donors (Lipinski definition) is 0. The van der Waals surface area contributed by atoms with Crippen molar-refractivity contribution in [1.82, 2.24) is 0 Å². The van der Waals surface area contributed by atoms with Crippen LogP contribution in [0.5, 0.6) is 23.0 Å². The SMILES string of the molecule is CCOc1ccc2c(c1)OC(=O)C1C3C(=O)Oc4cc(OC)ccc4C3(C)C21C. The van der Waals surface area contributed by atoms with Gasteiger partial charge in [0, 0.05) is 34.1 Å². The van der Waals surface area contributed by atoms with E-state index in [1.807, 2.05) is 45.0 Å². The van der Waals surface area contributed by atoms with Crippen molar-refractivity contribution in [1.29, 1.82) is 0 Å². The molecule has 4 unspecified atom stereocenters. The van der Waals surface area contributed by atoms with Gasteiger partial charge < -0.3 is 18.9 Å². The highest BCUT2D eigenvalue weighted by atomic mass is 16.5. The normalized spacial score (nSPS) is 31.2. The van der Waals surface area contributed by atoms with Gasteiger partial charge in [0.15, 0.2) is 0 Å². The molecule has 29 heavy (non-hydrogen) atoms. The van der Waals surface area contributed by atoms with Crippen molar-refractivity contribution in [2.45, 2.75) is 31.6 Å². The summed E-state index contributed by atoms with van der Waals surface area (Å²) in [5.41, 5.74) is 0.572. The van der Waals surface area contributed by atoms with Crippen molar-refractivity contribution in [2.75, 3.05) is 13.7 Å². The molecule has 0 radical (unpaired) electrons. The van der Waals surface area contributed by atoms with Gasteiger partial charge in [0.2, 0.25) is 0 Å². The lowest BCUT2D eigenvalue weighted by Gasteiger charge is -2.67. The Balaban J connectivity index is 1.72. The average molecular weight is 394 g/mol. The highest BCUT2D eigenvalue weighted by Crippen LogP contribution is 2.71. The Morgan fingerprint density at radius 3 is 1.83 bits per heavy atom. The van der Waals surface area contributed by atoms with Gasteiger partial charge in [-0.1, -0.05) is 26.0 Å². The average Bonchev–Trinajstić information content (AvgIpc) is 2.69. The van der Waals surface area contributed by atoms with Gasteiger partial charge >= 0.3 is 11.9 Å². The third-order valence-corrected chi connectivity index (χ3v) is 7.16. The zero-order valence-electron chi connectivity index (χ0n) is 16.8. The number of methoxy groups -OCH3 is 1. The minimum atomic E-state index is -0.615. The Morgan fingerprint density at radius 1 is 0.862 bits per heavy atom. The summed E-state index contributed by atoms with van der Waals surface area (Å²) in [6.07, 6.45) is 0. The molecule has 2 aromatic rings. The van der Waals surface area contributed by atoms with E-state index in [1.54, 1.807) is 19.2 Å². The molecule has 150 valence electrons. The lowest BCUT2D eigenvalue weighted by Crippen LogP contribution is -2.75. The highest BCUT2D eigenvalue weighted by molar-refractivity contribution is 5.95. The summed E-state index contributed by atoms with van der Waals surface area (Å²) in [5.74, 6) is 0.251. The van der Waals surface area contributed by atoms with Crippen LogP contribution in [0, 0.1) is 11.8 Å². The number of rotatable bonds is 3. The third-order valence-electron chi connectivity index (χ3n) is 7.16. The molecule has 3 aliphatic rings. The summed E-state index contributed by atoms with van der Waals surface area (Å²) in [6.45, 7) is 6.51. The maximum absolute atomic E-state index is 13.0. The Labute approximate surface area is 168 Å². The molecule has 2 heterocycles. The van der Waals surface area contributed by atoms with Gasteiger partial charge in [0.1, 0.15) is 23.0 Å². The number of esters is 2. The molecular weight excluding hydrogens is 372 g/mol. The van der Waals surface area contributed by atoms with Crippen LogP contribution < -0.4 is 18.9 Å². The fraction of sp³-hybridized carbons (Fsp3) is 0.391. The van der Waals surface area contributed by atoms with Crippen LogP contribution in [-0.4, -0.2) is 25.7 Å². The molecule has 0 amide bonds. The quantitative estimate of drug-likeness (QED) is 0.587. The van der Waals surface area contributed by atoms with Crippen molar-refractivity contribution in [3.63, 3.8) is 0 Å². The Kier molecular flexibility index (Phi) is 3.58. The number of benzene rings is 2. The lowest BCUT2D eigenvalue weighted by molar-refractivity contribution is -0.186. The molecule has 2 aliphatic heterocycles. The van der Waals surface area contributed by atoms with Gasteiger partial charge in [-0.25, -0.2) is 0 Å². The zero-order valence-corrected chi connectivity index (χ0v) is 16.8. The topological polar surface area (TPSA) is 71.1 Å². The molecule has 2 aromatic carbocycles. The zero-order chi connectivity index (χ0) is 20.6. The van der Waals surface area contributed by atoms with Crippen LogP contribution in [0.15, 0.2) is 36.4 Å². The van der Waals surface area contributed by atoms with E-state index in [9.17, 15) is 9.59 Å². The van der Waals surface area contributed by atoms with Crippen LogP contribution in [0.2, 0.25) is 0 Å². The van der Waals surface area contributed by atoms with E-state index in [4.69, 9.17) is 18.9 Å². The first-order chi connectivity index (χ1) is 13.9. The van der Waals surface area contributed by atoms with Crippen LogP contribution in [-0.2, 0) is 20.4 Å². The smallest absolute Gasteiger partial charge is 0.316 e. The minimum absolute atomic E-state index is 0.398. The van der Waals surface area contributed by atoms with Gasteiger partial charge in [-0.2, -0.15) is 0 Å². The molecule has 0 saturated heterocycles. The molecule has 1 aliphatic carbocycles. The second-order valence-corrected chi connectivity index (χ2v) is 8.16. The summed E-state index contributed by atoms with van der Waals surface area (Å²) >= 11 is 0. The van der Waals surface area contributed by atoms with Crippen LogP contribution in [0.3, 0.4) is 0 Å². The van der Waals surface area contributed by atoms with Crippen molar-refractivity contribution in [2.24, 2.45) is 11.8 Å². The molecule has 6 nitrogen and oxygen atoms in total. The maximum atomic E-state index is 13.0. The summed E-state index contributed by atoms with van der Waals surface area (Å²) < 4.78 is 22.1. The monoisotopic (exact) mass is 394 g/mol. The van der Waals surface area contributed by atoms with Gasteiger partial charge in [-0.05, 0) is 19.1 Å². The van der Waals surface area contributed by atoms with E-state index in [0.717, 1.165) is 11.1 Å². The fourth-order valence-corrected chi connectivity index (χ4v) is 5.61. The van der Waals surface area contributed by atoms with Crippen molar-refractivity contribution < 1.29 is 28.5 Å². The number of ether oxygens (including phenoxy) is 4. The van der Waals surface area contributed by atoms with Crippen LogP contribution >= 0.6 is 0 Å². The van der Waals surface area contributed by atoms with Crippen molar-refractivity contribution in [3.05, 3.63) is 47.5 Å². The highest BCUT2D eigenvalue weighted by Gasteiger charge is 2.77.